The highest BCUT2D eigenvalue weighted by Crippen LogP contribution is 2.14. The highest BCUT2D eigenvalue weighted by molar-refractivity contribution is 7.99. The van der Waals surface area contributed by atoms with Crippen molar-refractivity contribution in [3.8, 4) is 5.95 Å². The predicted octanol–water partition coefficient (Wildman–Crippen LogP) is 0.293. The minimum absolute atomic E-state index is 0.211. The van der Waals surface area contributed by atoms with E-state index in [1.54, 1.807) is 34.9 Å². The maximum absolute atomic E-state index is 5.67. The van der Waals surface area contributed by atoms with Gasteiger partial charge in [0.1, 0.15) is 0 Å². The number of nitrogens with zero attached hydrogens (tertiary/aromatic N) is 6. The van der Waals surface area contributed by atoms with Crippen molar-refractivity contribution in [3.05, 3.63) is 18.5 Å². The molecule has 2 aromatic heterocycles. The van der Waals surface area contributed by atoms with Crippen molar-refractivity contribution < 1.29 is 0 Å². The average Bonchev–Trinajstić information content (AvgIpc) is 2.81. The zero-order valence-electron chi connectivity index (χ0n) is 10.3. The summed E-state index contributed by atoms with van der Waals surface area (Å²) in [4.78, 5) is 14.6. The fourth-order valence-corrected chi connectivity index (χ4v) is 2.18. The van der Waals surface area contributed by atoms with Gasteiger partial charge in [0, 0.05) is 24.7 Å². The van der Waals surface area contributed by atoms with Crippen LogP contribution in [0.15, 0.2) is 23.6 Å². The Kier molecular flexibility index (Phi) is 4.11. The van der Waals surface area contributed by atoms with Crippen molar-refractivity contribution in [2.75, 3.05) is 32.1 Å². The first kappa shape index (κ1) is 12.8. The highest BCUT2D eigenvalue weighted by Gasteiger charge is 2.07. The average molecular weight is 265 g/mol. The van der Waals surface area contributed by atoms with E-state index in [1.807, 2.05) is 14.1 Å². The van der Waals surface area contributed by atoms with Crippen LogP contribution in [0, 0.1) is 0 Å². The summed E-state index contributed by atoms with van der Waals surface area (Å²) >= 11 is 1.55. The molecule has 0 saturated carbocycles. The maximum Gasteiger partial charge on any atom is 0.256 e. The molecule has 0 radical (unpaired) electrons. The third kappa shape index (κ3) is 3.41. The summed E-state index contributed by atoms with van der Waals surface area (Å²) in [7, 11) is 4.05. The summed E-state index contributed by atoms with van der Waals surface area (Å²) in [6, 6.07) is 1.80. The lowest BCUT2D eigenvalue weighted by Gasteiger charge is -2.08. The van der Waals surface area contributed by atoms with Crippen LogP contribution in [0.25, 0.3) is 5.95 Å². The van der Waals surface area contributed by atoms with Gasteiger partial charge in [0.2, 0.25) is 5.95 Å². The molecule has 18 heavy (non-hydrogen) atoms. The van der Waals surface area contributed by atoms with Crippen LogP contribution in [-0.4, -0.2) is 56.0 Å². The second-order valence-electron chi connectivity index (χ2n) is 3.88. The van der Waals surface area contributed by atoms with Gasteiger partial charge in [-0.05, 0) is 20.2 Å². The standard InChI is InChI=1S/C10H15N7S/c1-16(2)6-7-18-10-14-8(11)13-9(15-10)17-5-3-4-12-17/h3-5H,6-7H2,1-2H3,(H2,11,13,14,15). The molecule has 8 heteroatoms. The van der Waals surface area contributed by atoms with Crippen molar-refractivity contribution in [1.29, 1.82) is 0 Å². The Labute approximate surface area is 109 Å². The van der Waals surface area contributed by atoms with E-state index < -0.39 is 0 Å². The fourth-order valence-electron chi connectivity index (χ4n) is 1.23. The van der Waals surface area contributed by atoms with Crippen LogP contribution in [-0.2, 0) is 0 Å². The molecule has 0 aliphatic rings. The van der Waals surface area contributed by atoms with Crippen molar-refractivity contribution in [2.45, 2.75) is 5.16 Å². The Hall–Kier alpha value is -1.67. The molecule has 7 nitrogen and oxygen atoms in total. The molecule has 2 aromatic rings. The summed E-state index contributed by atoms with van der Waals surface area (Å²) in [5, 5.41) is 4.69. The maximum atomic E-state index is 5.67. The number of hydrogen-bond acceptors (Lipinski definition) is 7. The van der Waals surface area contributed by atoms with Gasteiger partial charge in [-0.25, -0.2) is 4.68 Å². The number of aromatic nitrogens is 5. The van der Waals surface area contributed by atoms with Gasteiger partial charge in [0.15, 0.2) is 5.16 Å². The summed E-state index contributed by atoms with van der Waals surface area (Å²) in [5.41, 5.74) is 5.67. The Bertz CT molecular complexity index is 497. The van der Waals surface area contributed by atoms with Crippen molar-refractivity contribution in [1.82, 2.24) is 29.6 Å². The number of rotatable bonds is 5. The summed E-state index contributed by atoms with van der Waals surface area (Å²) in [5.74, 6) is 1.55. The monoisotopic (exact) mass is 265 g/mol. The van der Waals surface area contributed by atoms with Crippen LogP contribution >= 0.6 is 11.8 Å². The van der Waals surface area contributed by atoms with Crippen molar-refractivity contribution in [3.63, 3.8) is 0 Å². The SMILES string of the molecule is CN(C)CCSc1nc(N)nc(-n2cccn2)n1. The lowest BCUT2D eigenvalue weighted by atomic mass is 10.7. The van der Waals surface area contributed by atoms with E-state index in [2.05, 4.69) is 25.0 Å². The van der Waals surface area contributed by atoms with E-state index in [0.29, 0.717) is 11.1 Å². The Morgan fingerprint density at radius 3 is 2.83 bits per heavy atom. The summed E-state index contributed by atoms with van der Waals surface area (Å²) in [6.07, 6.45) is 3.43. The number of anilines is 1. The van der Waals surface area contributed by atoms with Gasteiger partial charge in [-0.3, -0.25) is 0 Å². The van der Waals surface area contributed by atoms with Crippen LogP contribution in [0.5, 0.6) is 0 Å². The van der Waals surface area contributed by atoms with Gasteiger partial charge in [0.25, 0.3) is 5.95 Å². The fraction of sp³-hybridized carbons (Fsp3) is 0.400. The summed E-state index contributed by atoms with van der Waals surface area (Å²) < 4.78 is 1.56. The second-order valence-corrected chi connectivity index (χ2v) is 4.94. The van der Waals surface area contributed by atoms with Gasteiger partial charge in [0.05, 0.1) is 0 Å². The lowest BCUT2D eigenvalue weighted by molar-refractivity contribution is 0.437. The minimum atomic E-state index is 0.211. The highest BCUT2D eigenvalue weighted by atomic mass is 32.2. The van der Waals surface area contributed by atoms with E-state index in [0.717, 1.165) is 12.3 Å². The zero-order valence-corrected chi connectivity index (χ0v) is 11.1. The van der Waals surface area contributed by atoms with Crippen molar-refractivity contribution >= 4 is 17.7 Å². The number of hydrogen-bond donors (Lipinski definition) is 1. The van der Waals surface area contributed by atoms with Crippen LogP contribution in [0.1, 0.15) is 0 Å². The van der Waals surface area contributed by atoms with Gasteiger partial charge >= 0.3 is 0 Å². The van der Waals surface area contributed by atoms with Crippen molar-refractivity contribution in [2.24, 2.45) is 0 Å². The summed E-state index contributed by atoms with van der Waals surface area (Å²) in [6.45, 7) is 0.952. The van der Waals surface area contributed by atoms with Crippen LogP contribution < -0.4 is 5.73 Å². The Morgan fingerprint density at radius 1 is 1.33 bits per heavy atom. The van der Waals surface area contributed by atoms with Crippen LogP contribution in [0.2, 0.25) is 0 Å². The molecule has 0 unspecified atom stereocenters. The van der Waals surface area contributed by atoms with E-state index in [1.165, 1.54) is 0 Å². The molecule has 0 aliphatic carbocycles. The predicted molar refractivity (Wildman–Crippen MR) is 70.6 cm³/mol. The van der Waals surface area contributed by atoms with Gasteiger partial charge in [-0.1, -0.05) is 11.8 Å². The van der Waals surface area contributed by atoms with Gasteiger partial charge < -0.3 is 10.6 Å². The molecule has 2 rings (SSSR count). The molecule has 0 aliphatic heterocycles. The largest absolute Gasteiger partial charge is 0.368 e. The first-order chi connectivity index (χ1) is 8.65. The topological polar surface area (TPSA) is 85.8 Å². The number of nitrogen functional groups attached to an aromatic ring is 1. The molecule has 0 bridgehead atoms. The molecule has 0 spiro atoms. The van der Waals surface area contributed by atoms with Crippen LogP contribution in [0.3, 0.4) is 0 Å². The zero-order chi connectivity index (χ0) is 13.0. The molecule has 0 fully saturated rings. The van der Waals surface area contributed by atoms with Crippen LogP contribution in [0.4, 0.5) is 5.95 Å². The number of thioether (sulfide) groups is 1. The molecule has 0 amide bonds. The minimum Gasteiger partial charge on any atom is -0.368 e. The third-order valence-electron chi connectivity index (χ3n) is 2.10. The second kappa shape index (κ2) is 5.78. The molecule has 0 atom stereocenters. The normalized spacial score (nSPS) is 11.1. The molecule has 0 aromatic carbocycles. The van der Waals surface area contributed by atoms with E-state index in [9.17, 15) is 0 Å². The quantitative estimate of drug-likeness (QED) is 0.778. The van der Waals surface area contributed by atoms with E-state index >= 15 is 0 Å². The first-order valence-corrected chi connectivity index (χ1v) is 6.43. The number of nitrogens with two attached hydrogens (primary N) is 1. The third-order valence-corrected chi connectivity index (χ3v) is 2.93. The molecule has 2 N–H and O–H groups in total. The van der Waals surface area contributed by atoms with E-state index in [-0.39, 0.29) is 5.95 Å². The smallest absolute Gasteiger partial charge is 0.256 e. The molecular formula is C10H15N7S. The van der Waals surface area contributed by atoms with Gasteiger partial charge in [-0.2, -0.15) is 20.1 Å². The molecular weight excluding hydrogens is 250 g/mol. The van der Waals surface area contributed by atoms with Gasteiger partial charge in [-0.15, -0.1) is 0 Å². The first-order valence-electron chi connectivity index (χ1n) is 5.44. The van der Waals surface area contributed by atoms with E-state index in [4.69, 9.17) is 5.73 Å². The lowest BCUT2D eigenvalue weighted by Crippen LogP contribution is -2.15. The Balaban J connectivity index is 2.12. The Morgan fingerprint density at radius 2 is 2.17 bits per heavy atom. The molecule has 96 valence electrons. The molecule has 0 saturated heterocycles. The molecule has 2 heterocycles.